The first-order valence-electron chi connectivity index (χ1n) is 1.08. The summed E-state index contributed by atoms with van der Waals surface area (Å²) in [6, 6.07) is 0. The third kappa shape index (κ3) is 56.4. The molecule has 0 aromatic heterocycles. The van der Waals surface area contributed by atoms with Crippen molar-refractivity contribution >= 4 is 6.19 Å². The van der Waals surface area contributed by atoms with Gasteiger partial charge in [-0.05, 0) is 1.37 Å². The van der Waals surface area contributed by atoms with Crippen molar-refractivity contribution in [1.82, 2.24) is 0 Å². The summed E-state index contributed by atoms with van der Waals surface area (Å²) >= 11 is 0. The van der Waals surface area contributed by atoms with E-state index in [0.717, 1.165) is 0 Å². The van der Waals surface area contributed by atoms with Gasteiger partial charge in [0.25, 0.3) is 0 Å². The van der Waals surface area contributed by atoms with Gasteiger partial charge in [-0.15, -0.1) is 0 Å². The van der Waals surface area contributed by atoms with Gasteiger partial charge in [0.1, 0.15) is 0 Å². The summed E-state index contributed by atoms with van der Waals surface area (Å²) in [5.74, 6) is 0. The molecule has 0 amide bonds. The molecule has 0 aliphatic heterocycles. The molecule has 0 atom stereocenters. The molecule has 0 spiro atoms. The van der Waals surface area contributed by atoms with E-state index in [0.29, 0.717) is 0 Å². The standard InChI is InChI=1S/C2H3N.CH3.W.Y/c1-2-3;;;/h2H,1H2;1H3;;/q-2;-1;+2;/i2T;;;. The van der Waals surface area contributed by atoms with Crippen LogP contribution in [-0.2, 0) is 53.8 Å². The fraction of sp³-hybridized carbons (Fsp3) is 0. The molecule has 0 unspecified atom stereocenters. The molecule has 0 aromatic carbocycles. The van der Waals surface area contributed by atoms with Crippen molar-refractivity contribution in [2.75, 3.05) is 0 Å². The minimum absolute atomic E-state index is 0. The minimum atomic E-state index is -0.583. The zero-order chi connectivity index (χ0) is 3.58. The normalized spacial score (nSPS) is 4.33. The average molecular weight is 331 g/mol. The first kappa shape index (κ1) is 15.7. The Morgan fingerprint density at radius 2 is 1.83 bits per heavy atom. The molecular weight excluding hydrogens is 323 g/mol. The zero-order valence-corrected chi connectivity index (χ0v) is 9.41. The summed E-state index contributed by atoms with van der Waals surface area (Å²) in [7, 11) is 0. The Morgan fingerprint density at radius 3 is 1.83 bits per heavy atom. The van der Waals surface area contributed by atoms with Gasteiger partial charge in [0.15, 0.2) is 0 Å². The molecule has 0 bridgehead atoms. The molecule has 0 saturated heterocycles. The molecule has 1 radical (unpaired) electrons. The first-order chi connectivity index (χ1) is 1.73. The molecule has 0 heterocycles. The van der Waals surface area contributed by atoms with Crippen LogP contribution in [0.4, 0.5) is 0 Å². The van der Waals surface area contributed by atoms with Crippen LogP contribution in [0.25, 0.3) is 5.41 Å². The Labute approximate surface area is 80.3 Å². The molecule has 0 N–H and O–H groups in total. The largest absolute Gasteiger partial charge is 2.00 e. The van der Waals surface area contributed by atoms with Gasteiger partial charge in [0.05, 0.1) is 0 Å². The molecule has 6 heavy (non-hydrogen) atoms. The van der Waals surface area contributed by atoms with Gasteiger partial charge in [0.2, 0.25) is 0 Å². The van der Waals surface area contributed by atoms with Crippen molar-refractivity contribution in [3.8, 4) is 0 Å². The van der Waals surface area contributed by atoms with Crippen LogP contribution in [0.1, 0.15) is 1.37 Å². The monoisotopic (exact) mass is 331 g/mol. The van der Waals surface area contributed by atoms with E-state index in [1.54, 1.807) is 0 Å². The second kappa shape index (κ2) is 33.1. The number of hydrogen-bond donors (Lipinski definition) is 0. The van der Waals surface area contributed by atoms with Crippen LogP contribution in [0.2, 0.25) is 0 Å². The summed E-state index contributed by atoms with van der Waals surface area (Å²) in [6.07, 6.45) is -0.583. The number of rotatable bonds is 0. The second-order valence-corrected chi connectivity index (χ2v) is 0.158. The van der Waals surface area contributed by atoms with E-state index in [2.05, 4.69) is 6.92 Å². The fourth-order valence-electron chi connectivity index (χ4n) is 0. The smallest absolute Gasteiger partial charge is 0.841 e. The molecule has 33 valence electrons. The summed E-state index contributed by atoms with van der Waals surface area (Å²) < 4.78 is 5.94. The third-order valence-corrected chi connectivity index (χ3v) is 0. The predicted molar refractivity (Wildman–Crippen MR) is 21.2 cm³/mol. The first-order valence-corrected chi connectivity index (χ1v) is 0.577. The van der Waals surface area contributed by atoms with Gasteiger partial charge in [-0.1, -0.05) is 0 Å². The van der Waals surface area contributed by atoms with E-state index in [1.165, 1.54) is 0 Å². The zero-order valence-electron chi connectivity index (χ0n) is 4.64. The summed E-state index contributed by atoms with van der Waals surface area (Å²) in [6.45, 7) is 2.78. The van der Waals surface area contributed by atoms with Crippen LogP contribution in [0.5, 0.6) is 0 Å². The third-order valence-electron chi connectivity index (χ3n) is 0. The van der Waals surface area contributed by atoms with Gasteiger partial charge in [-0.3, -0.25) is 0 Å². The van der Waals surface area contributed by atoms with Gasteiger partial charge in [0, 0.05) is 32.7 Å². The van der Waals surface area contributed by atoms with E-state index in [1.807, 2.05) is 0 Å². The molecular formula is C3H6NWY-. The minimum Gasteiger partial charge on any atom is -0.841 e. The fourth-order valence-corrected chi connectivity index (χ4v) is 0. The van der Waals surface area contributed by atoms with Gasteiger partial charge >= 0.3 is 21.1 Å². The topological polar surface area (TPSA) is 22.3 Å². The number of hydrogen-bond acceptors (Lipinski definition) is 0. The Balaban J connectivity index is -0.0000000150. The SMILES string of the molecule is [3H]C([CH2-])=[N-].[CH3-].[W+2].[Y]. The van der Waals surface area contributed by atoms with Crippen LogP contribution >= 0.6 is 0 Å². The molecule has 1 nitrogen and oxygen atoms in total. The predicted octanol–water partition coefficient (Wildman–Crippen LogP) is 0.906. The van der Waals surface area contributed by atoms with Crippen molar-refractivity contribution < 1.29 is 55.1 Å². The molecule has 3 heteroatoms. The van der Waals surface area contributed by atoms with Crippen LogP contribution in [-0.4, -0.2) is 6.19 Å². The van der Waals surface area contributed by atoms with E-state index in [9.17, 15) is 0 Å². The van der Waals surface area contributed by atoms with Crippen molar-refractivity contribution in [2.24, 2.45) is 0 Å². The Hall–Kier alpha value is 1.33. The Bertz CT molecular complexity index is 37.9. The van der Waals surface area contributed by atoms with E-state index >= 15 is 0 Å². The van der Waals surface area contributed by atoms with E-state index in [-0.39, 0.29) is 61.2 Å². The van der Waals surface area contributed by atoms with Crippen LogP contribution in [0, 0.1) is 14.4 Å². The molecule has 0 aliphatic rings. The van der Waals surface area contributed by atoms with E-state index in [4.69, 9.17) is 6.78 Å². The number of nitrogens with zero attached hydrogens (tertiary/aromatic N) is 1. The van der Waals surface area contributed by atoms with Crippen LogP contribution in [0.3, 0.4) is 0 Å². The Kier molecular flexibility index (Phi) is 86.4. The van der Waals surface area contributed by atoms with E-state index < -0.39 is 6.19 Å². The maximum absolute atomic E-state index is 7.53. The summed E-state index contributed by atoms with van der Waals surface area (Å²) in [4.78, 5) is 0. The average Bonchev–Trinajstić information content (AvgIpc) is 0.811. The molecule has 0 aliphatic carbocycles. The quantitative estimate of drug-likeness (QED) is 0.465. The molecule has 0 saturated carbocycles. The van der Waals surface area contributed by atoms with Crippen molar-refractivity contribution in [3.63, 3.8) is 0 Å². The maximum Gasteiger partial charge on any atom is 2.00 e. The molecule has 0 aromatic rings. The van der Waals surface area contributed by atoms with Crippen molar-refractivity contribution in [2.45, 2.75) is 0 Å². The summed E-state index contributed by atoms with van der Waals surface area (Å²) in [5.41, 5.74) is 0. The summed E-state index contributed by atoms with van der Waals surface area (Å²) in [5, 5.41) is 7.53. The van der Waals surface area contributed by atoms with Gasteiger partial charge < -0.3 is 26.0 Å². The van der Waals surface area contributed by atoms with Crippen LogP contribution in [0.15, 0.2) is 0 Å². The van der Waals surface area contributed by atoms with Gasteiger partial charge in [-0.25, -0.2) is 0 Å². The molecule has 0 fully saturated rings. The Morgan fingerprint density at radius 1 is 1.83 bits per heavy atom. The van der Waals surface area contributed by atoms with Gasteiger partial charge in [-0.2, -0.15) is 0 Å². The maximum atomic E-state index is 7.53. The molecule has 0 rings (SSSR count). The van der Waals surface area contributed by atoms with Crippen molar-refractivity contribution in [1.29, 1.82) is 0 Å². The van der Waals surface area contributed by atoms with Crippen LogP contribution < -0.4 is 0 Å². The second-order valence-electron chi connectivity index (χ2n) is 0.158. The van der Waals surface area contributed by atoms with Crippen molar-refractivity contribution in [3.05, 3.63) is 19.8 Å².